The van der Waals surface area contributed by atoms with Crippen molar-refractivity contribution >= 4 is 32.7 Å². The molecule has 1 aliphatic heterocycles. The number of nitrogens with zero attached hydrogens (tertiary/aromatic N) is 2. The van der Waals surface area contributed by atoms with E-state index in [4.69, 9.17) is 0 Å². The minimum absolute atomic E-state index is 0.367. The fraction of sp³-hybridized carbons (Fsp3) is 0.278. The largest absolute Gasteiger partial charge is 0.243 e. The Labute approximate surface area is 155 Å². The SMILES string of the molecule is O=S(=O)(c1ccc(-c2csc(-c3cccs3)n2)cc1)N1CCCCC1. The van der Waals surface area contributed by atoms with E-state index in [1.165, 1.54) is 0 Å². The normalized spacial score (nSPS) is 16.2. The average Bonchev–Trinajstić information content (AvgIpc) is 3.34. The second kappa shape index (κ2) is 6.99. The minimum Gasteiger partial charge on any atom is -0.235 e. The van der Waals surface area contributed by atoms with Crippen molar-refractivity contribution in [1.82, 2.24) is 9.29 Å². The summed E-state index contributed by atoms with van der Waals surface area (Å²) in [6.45, 7) is 1.25. The van der Waals surface area contributed by atoms with E-state index in [0.29, 0.717) is 18.0 Å². The Morgan fingerprint density at radius 1 is 0.960 bits per heavy atom. The van der Waals surface area contributed by atoms with Gasteiger partial charge in [0, 0.05) is 24.0 Å². The standard InChI is InChI=1S/C18H18N2O2S3/c21-25(22,20-10-2-1-3-11-20)15-8-6-14(7-9-15)16-13-24-18(19-16)17-5-4-12-23-17/h4-9,12-13H,1-3,10-11H2. The number of thiophene rings is 1. The van der Waals surface area contributed by atoms with Gasteiger partial charge in [0.2, 0.25) is 10.0 Å². The van der Waals surface area contributed by atoms with Crippen LogP contribution in [0, 0.1) is 0 Å². The molecular weight excluding hydrogens is 372 g/mol. The molecule has 3 aromatic rings. The summed E-state index contributed by atoms with van der Waals surface area (Å²) in [6.07, 6.45) is 3.00. The van der Waals surface area contributed by atoms with Crippen LogP contribution in [-0.4, -0.2) is 30.8 Å². The van der Waals surface area contributed by atoms with Crippen LogP contribution in [-0.2, 0) is 10.0 Å². The van der Waals surface area contributed by atoms with Gasteiger partial charge in [-0.2, -0.15) is 4.31 Å². The number of hydrogen-bond donors (Lipinski definition) is 0. The quantitative estimate of drug-likeness (QED) is 0.648. The molecule has 1 aliphatic rings. The second-order valence-corrected chi connectivity index (χ2v) is 9.75. The summed E-state index contributed by atoms with van der Waals surface area (Å²) in [4.78, 5) is 6.19. The van der Waals surface area contributed by atoms with Crippen LogP contribution in [0.4, 0.5) is 0 Å². The smallest absolute Gasteiger partial charge is 0.235 e. The zero-order valence-electron chi connectivity index (χ0n) is 13.6. The maximum absolute atomic E-state index is 12.7. The van der Waals surface area contributed by atoms with Crippen LogP contribution in [0.3, 0.4) is 0 Å². The maximum atomic E-state index is 12.7. The van der Waals surface area contributed by atoms with Crippen LogP contribution >= 0.6 is 22.7 Å². The van der Waals surface area contributed by atoms with E-state index in [2.05, 4.69) is 11.1 Å². The zero-order valence-corrected chi connectivity index (χ0v) is 16.0. The molecule has 1 aromatic carbocycles. The van der Waals surface area contributed by atoms with Crippen molar-refractivity contribution in [3.8, 4) is 21.1 Å². The fourth-order valence-corrected chi connectivity index (χ4v) is 6.13. The molecule has 25 heavy (non-hydrogen) atoms. The lowest BCUT2D eigenvalue weighted by Crippen LogP contribution is -2.35. The van der Waals surface area contributed by atoms with Crippen molar-refractivity contribution in [2.24, 2.45) is 0 Å². The number of benzene rings is 1. The highest BCUT2D eigenvalue weighted by molar-refractivity contribution is 7.89. The molecule has 7 heteroatoms. The maximum Gasteiger partial charge on any atom is 0.243 e. The van der Waals surface area contributed by atoms with E-state index in [9.17, 15) is 8.42 Å². The summed E-state index contributed by atoms with van der Waals surface area (Å²) in [7, 11) is -3.37. The highest BCUT2D eigenvalue weighted by atomic mass is 32.2. The monoisotopic (exact) mass is 390 g/mol. The molecule has 0 aliphatic carbocycles. The van der Waals surface area contributed by atoms with Crippen molar-refractivity contribution in [3.63, 3.8) is 0 Å². The average molecular weight is 391 g/mol. The summed E-state index contributed by atoms with van der Waals surface area (Å²) >= 11 is 3.28. The number of thiazole rings is 1. The molecule has 0 amide bonds. The summed E-state index contributed by atoms with van der Waals surface area (Å²) in [5, 5.41) is 5.05. The summed E-state index contributed by atoms with van der Waals surface area (Å²) in [5.74, 6) is 0. The highest BCUT2D eigenvalue weighted by Gasteiger charge is 2.25. The van der Waals surface area contributed by atoms with Crippen molar-refractivity contribution < 1.29 is 8.42 Å². The van der Waals surface area contributed by atoms with Crippen molar-refractivity contribution in [3.05, 3.63) is 47.2 Å². The van der Waals surface area contributed by atoms with Gasteiger partial charge in [-0.3, -0.25) is 0 Å². The Kier molecular flexibility index (Phi) is 4.73. The molecule has 0 unspecified atom stereocenters. The van der Waals surface area contributed by atoms with Gasteiger partial charge in [-0.05, 0) is 36.4 Å². The highest BCUT2D eigenvalue weighted by Crippen LogP contribution is 2.32. The van der Waals surface area contributed by atoms with Crippen LogP contribution in [0.25, 0.3) is 21.1 Å². The van der Waals surface area contributed by atoms with Gasteiger partial charge in [-0.1, -0.05) is 24.6 Å². The third kappa shape index (κ3) is 3.42. The Balaban J connectivity index is 1.58. The predicted molar refractivity (Wildman–Crippen MR) is 103 cm³/mol. The summed E-state index contributed by atoms with van der Waals surface area (Å²) in [6, 6.07) is 11.2. The predicted octanol–water partition coefficient (Wildman–Crippen LogP) is 4.71. The van der Waals surface area contributed by atoms with E-state index >= 15 is 0 Å². The lowest BCUT2D eigenvalue weighted by atomic mass is 10.2. The van der Waals surface area contributed by atoms with E-state index in [1.54, 1.807) is 39.1 Å². The van der Waals surface area contributed by atoms with Gasteiger partial charge in [0.15, 0.2) is 0 Å². The van der Waals surface area contributed by atoms with Crippen molar-refractivity contribution in [2.45, 2.75) is 24.2 Å². The van der Waals surface area contributed by atoms with Gasteiger partial charge in [0.1, 0.15) is 5.01 Å². The van der Waals surface area contributed by atoms with Crippen LogP contribution in [0.2, 0.25) is 0 Å². The Hall–Kier alpha value is -1.54. The molecule has 4 nitrogen and oxygen atoms in total. The third-order valence-corrected chi connectivity index (χ3v) is 8.13. The molecule has 2 aromatic heterocycles. The van der Waals surface area contributed by atoms with Crippen LogP contribution < -0.4 is 0 Å². The third-order valence-electron chi connectivity index (χ3n) is 4.34. The molecular formula is C18H18N2O2S3. The molecule has 0 saturated carbocycles. The van der Waals surface area contributed by atoms with E-state index < -0.39 is 10.0 Å². The van der Waals surface area contributed by atoms with Gasteiger partial charge in [0.05, 0.1) is 15.5 Å². The van der Waals surface area contributed by atoms with Crippen LogP contribution in [0.1, 0.15) is 19.3 Å². The lowest BCUT2D eigenvalue weighted by molar-refractivity contribution is 0.346. The molecule has 1 saturated heterocycles. The molecule has 4 rings (SSSR count). The fourth-order valence-electron chi connectivity index (χ4n) is 2.97. The first-order valence-corrected chi connectivity index (χ1v) is 11.4. The Bertz CT molecular complexity index is 939. The molecule has 130 valence electrons. The summed E-state index contributed by atoms with van der Waals surface area (Å²) < 4.78 is 27.0. The van der Waals surface area contributed by atoms with E-state index in [0.717, 1.165) is 40.4 Å². The van der Waals surface area contributed by atoms with Gasteiger partial charge < -0.3 is 0 Å². The molecule has 0 spiro atoms. The number of hydrogen-bond acceptors (Lipinski definition) is 5. The second-order valence-electron chi connectivity index (χ2n) is 6.00. The topological polar surface area (TPSA) is 50.3 Å². The first kappa shape index (κ1) is 16.9. The molecule has 0 atom stereocenters. The Morgan fingerprint density at radius 2 is 1.72 bits per heavy atom. The van der Waals surface area contributed by atoms with E-state index in [1.807, 2.05) is 29.0 Å². The van der Waals surface area contributed by atoms with Gasteiger partial charge in [-0.15, -0.1) is 22.7 Å². The van der Waals surface area contributed by atoms with Crippen LogP contribution in [0.15, 0.2) is 52.1 Å². The van der Waals surface area contributed by atoms with Gasteiger partial charge >= 0.3 is 0 Å². The zero-order chi connectivity index (χ0) is 17.3. The van der Waals surface area contributed by atoms with Crippen molar-refractivity contribution in [2.75, 3.05) is 13.1 Å². The van der Waals surface area contributed by atoms with Crippen LogP contribution in [0.5, 0.6) is 0 Å². The molecule has 1 fully saturated rings. The number of aromatic nitrogens is 1. The number of piperidine rings is 1. The first-order chi connectivity index (χ1) is 12.1. The minimum atomic E-state index is -3.37. The Morgan fingerprint density at radius 3 is 2.40 bits per heavy atom. The first-order valence-electron chi connectivity index (χ1n) is 8.24. The lowest BCUT2D eigenvalue weighted by Gasteiger charge is -2.25. The summed E-state index contributed by atoms with van der Waals surface area (Å²) in [5.41, 5.74) is 1.83. The molecule has 0 N–H and O–H groups in total. The van der Waals surface area contributed by atoms with E-state index in [-0.39, 0.29) is 0 Å². The molecule has 0 bridgehead atoms. The van der Waals surface area contributed by atoms with Crippen molar-refractivity contribution in [1.29, 1.82) is 0 Å². The van der Waals surface area contributed by atoms with Gasteiger partial charge in [0.25, 0.3) is 0 Å². The molecule has 0 radical (unpaired) electrons. The number of rotatable bonds is 4. The van der Waals surface area contributed by atoms with Gasteiger partial charge in [-0.25, -0.2) is 13.4 Å². The molecule has 3 heterocycles. The number of sulfonamides is 1.